The second kappa shape index (κ2) is 13.7. The van der Waals surface area contributed by atoms with Gasteiger partial charge in [-0.25, -0.2) is 8.42 Å². The molecule has 9 heteroatoms. The first-order chi connectivity index (χ1) is 17.2. The van der Waals surface area contributed by atoms with Crippen molar-refractivity contribution >= 4 is 15.9 Å². The Morgan fingerprint density at radius 2 is 1.89 bits per heavy atom. The van der Waals surface area contributed by atoms with Crippen LogP contribution in [0.15, 0.2) is 18.2 Å². The highest BCUT2D eigenvalue weighted by molar-refractivity contribution is 7.89. The maximum atomic E-state index is 12.8. The summed E-state index contributed by atoms with van der Waals surface area (Å²) in [7, 11) is 2.03. The number of ether oxygens (including phenoxy) is 1. The van der Waals surface area contributed by atoms with E-state index in [9.17, 15) is 13.2 Å². The van der Waals surface area contributed by atoms with Crippen LogP contribution in [-0.4, -0.2) is 112 Å². The second-order valence-corrected chi connectivity index (χ2v) is 12.5. The molecule has 36 heavy (non-hydrogen) atoms. The van der Waals surface area contributed by atoms with Crippen molar-refractivity contribution in [2.24, 2.45) is 0 Å². The zero-order chi connectivity index (χ0) is 26.1. The van der Waals surface area contributed by atoms with E-state index in [4.69, 9.17) is 4.74 Å². The first-order valence-electron chi connectivity index (χ1n) is 13.5. The highest BCUT2D eigenvalue weighted by Crippen LogP contribution is 2.28. The molecule has 1 amide bonds. The van der Waals surface area contributed by atoms with Crippen molar-refractivity contribution in [2.45, 2.75) is 57.9 Å². The molecule has 1 atom stereocenters. The number of nitrogens with zero attached hydrogens (tertiary/aromatic N) is 4. The van der Waals surface area contributed by atoms with E-state index in [0.29, 0.717) is 38.6 Å². The van der Waals surface area contributed by atoms with E-state index in [1.54, 1.807) is 7.11 Å². The lowest BCUT2D eigenvalue weighted by Gasteiger charge is -2.35. The van der Waals surface area contributed by atoms with E-state index < -0.39 is 10.0 Å². The second-order valence-electron chi connectivity index (χ2n) is 10.5. The minimum absolute atomic E-state index is 0.0251. The predicted molar refractivity (Wildman–Crippen MR) is 145 cm³/mol. The SMILES string of the molecule is CCCN(CCCCN1CCCN(S(=O)(=O)CCN(C)C)CC1=O)C1CCc2ccc(OC)cc2C1. The molecule has 8 nitrogen and oxygen atoms in total. The Morgan fingerprint density at radius 1 is 1.08 bits per heavy atom. The predicted octanol–water partition coefficient (Wildman–Crippen LogP) is 2.47. The molecule has 0 spiro atoms. The van der Waals surface area contributed by atoms with Crippen molar-refractivity contribution in [3.63, 3.8) is 0 Å². The van der Waals surface area contributed by atoms with Crippen molar-refractivity contribution in [2.75, 3.05) is 72.8 Å². The average molecular weight is 523 g/mol. The number of unbranched alkanes of at least 4 members (excludes halogenated alkanes) is 1. The number of hydrogen-bond acceptors (Lipinski definition) is 6. The molecule has 1 aliphatic carbocycles. The highest BCUT2D eigenvalue weighted by atomic mass is 32.2. The molecule has 204 valence electrons. The van der Waals surface area contributed by atoms with Gasteiger partial charge in [0.05, 0.1) is 19.4 Å². The first-order valence-corrected chi connectivity index (χ1v) is 15.1. The van der Waals surface area contributed by atoms with Crippen molar-refractivity contribution in [3.05, 3.63) is 29.3 Å². The molecule has 1 aliphatic heterocycles. The molecule has 0 N–H and O–H groups in total. The number of aryl methyl sites for hydroxylation is 1. The minimum atomic E-state index is -3.41. The molecule has 0 radical (unpaired) electrons. The molecule has 1 unspecified atom stereocenters. The lowest BCUT2D eigenvalue weighted by atomic mass is 9.87. The summed E-state index contributed by atoms with van der Waals surface area (Å²) in [4.78, 5) is 19.2. The van der Waals surface area contributed by atoms with Crippen LogP contribution in [-0.2, 0) is 27.7 Å². The van der Waals surface area contributed by atoms with Crippen LogP contribution in [0.1, 0.15) is 50.2 Å². The quantitative estimate of drug-likeness (QED) is 0.371. The third-order valence-corrected chi connectivity index (χ3v) is 9.25. The van der Waals surface area contributed by atoms with Crippen LogP contribution in [0.4, 0.5) is 0 Å². The molecule has 1 aromatic carbocycles. The van der Waals surface area contributed by atoms with Crippen molar-refractivity contribution in [3.8, 4) is 5.75 Å². The van der Waals surface area contributed by atoms with Gasteiger partial charge in [-0.05, 0) is 95.4 Å². The fraction of sp³-hybridized carbons (Fsp3) is 0.741. The van der Waals surface area contributed by atoms with Crippen LogP contribution in [0, 0.1) is 0 Å². The van der Waals surface area contributed by atoms with Crippen molar-refractivity contribution in [1.29, 1.82) is 0 Å². The summed E-state index contributed by atoms with van der Waals surface area (Å²) in [5.74, 6) is 0.922. The summed E-state index contributed by atoms with van der Waals surface area (Å²) in [6.07, 6.45) is 7.16. The number of rotatable bonds is 13. The van der Waals surface area contributed by atoms with Crippen LogP contribution in [0.25, 0.3) is 0 Å². The Balaban J connectivity index is 1.47. The molecule has 1 saturated heterocycles. The lowest BCUT2D eigenvalue weighted by molar-refractivity contribution is -0.130. The molecule has 1 aromatic rings. The Morgan fingerprint density at radius 3 is 2.61 bits per heavy atom. The van der Waals surface area contributed by atoms with Crippen LogP contribution in [0.3, 0.4) is 0 Å². The van der Waals surface area contributed by atoms with Gasteiger partial charge in [-0.3, -0.25) is 4.79 Å². The number of carbonyl (C=O) groups is 1. The lowest BCUT2D eigenvalue weighted by Crippen LogP contribution is -2.42. The molecule has 0 bridgehead atoms. The van der Waals surface area contributed by atoms with E-state index in [1.807, 2.05) is 23.9 Å². The molecule has 2 aliphatic rings. The monoisotopic (exact) mass is 522 g/mol. The number of benzene rings is 1. The number of methoxy groups -OCH3 is 1. The zero-order valence-corrected chi connectivity index (χ0v) is 23.6. The van der Waals surface area contributed by atoms with E-state index >= 15 is 0 Å². The van der Waals surface area contributed by atoms with Gasteiger partial charge in [-0.2, -0.15) is 4.31 Å². The summed E-state index contributed by atoms with van der Waals surface area (Å²) in [6.45, 7) is 6.57. The van der Waals surface area contributed by atoms with E-state index in [1.165, 1.54) is 21.9 Å². The molecule has 0 saturated carbocycles. The van der Waals surface area contributed by atoms with Crippen molar-refractivity contribution in [1.82, 2.24) is 19.0 Å². The minimum Gasteiger partial charge on any atom is -0.497 e. The van der Waals surface area contributed by atoms with Crippen LogP contribution >= 0.6 is 0 Å². The molecular formula is C27H46N4O4S. The zero-order valence-electron chi connectivity index (χ0n) is 22.7. The van der Waals surface area contributed by atoms with E-state index in [2.05, 4.69) is 30.0 Å². The summed E-state index contributed by atoms with van der Waals surface area (Å²) < 4.78 is 32.2. The van der Waals surface area contributed by atoms with Gasteiger partial charge in [0.2, 0.25) is 15.9 Å². The van der Waals surface area contributed by atoms with Gasteiger partial charge in [-0.1, -0.05) is 13.0 Å². The van der Waals surface area contributed by atoms with Gasteiger partial charge in [0.1, 0.15) is 5.75 Å². The smallest absolute Gasteiger partial charge is 0.237 e. The summed E-state index contributed by atoms with van der Waals surface area (Å²) >= 11 is 0. The standard InChI is InChI=1S/C27H46N4O4S/c1-5-13-29(25-11-9-23-10-12-26(35-4)21-24(23)20-25)14-6-7-15-30-16-8-17-31(22-27(30)32)36(33,34)19-18-28(2)3/h10,12,21,25H,5-9,11,13-20,22H2,1-4H3. The van der Waals surface area contributed by atoms with Gasteiger partial charge in [0.25, 0.3) is 0 Å². The summed E-state index contributed by atoms with van der Waals surface area (Å²) in [6, 6.07) is 7.01. The first kappa shape index (κ1) is 28.9. The molecular weight excluding hydrogens is 476 g/mol. The van der Waals surface area contributed by atoms with Gasteiger partial charge in [-0.15, -0.1) is 0 Å². The maximum absolute atomic E-state index is 12.8. The summed E-state index contributed by atoms with van der Waals surface area (Å²) in [5, 5.41) is 0. The van der Waals surface area contributed by atoms with Gasteiger partial charge in [0, 0.05) is 32.2 Å². The Labute approximate surface area is 218 Å². The Kier molecular flexibility index (Phi) is 11.0. The fourth-order valence-electron chi connectivity index (χ4n) is 5.33. The molecule has 0 aromatic heterocycles. The Bertz CT molecular complexity index is 953. The molecule has 1 heterocycles. The maximum Gasteiger partial charge on any atom is 0.237 e. The number of sulfonamides is 1. The fourth-order valence-corrected chi connectivity index (χ4v) is 6.90. The third kappa shape index (κ3) is 8.16. The van der Waals surface area contributed by atoms with Crippen LogP contribution < -0.4 is 4.74 Å². The van der Waals surface area contributed by atoms with Crippen LogP contribution in [0.5, 0.6) is 5.75 Å². The van der Waals surface area contributed by atoms with Crippen LogP contribution in [0.2, 0.25) is 0 Å². The topological polar surface area (TPSA) is 73.4 Å². The highest BCUT2D eigenvalue weighted by Gasteiger charge is 2.29. The summed E-state index contributed by atoms with van der Waals surface area (Å²) in [5.41, 5.74) is 2.85. The van der Waals surface area contributed by atoms with E-state index in [0.717, 1.165) is 50.9 Å². The van der Waals surface area contributed by atoms with E-state index in [-0.39, 0.29) is 18.2 Å². The van der Waals surface area contributed by atoms with Gasteiger partial charge >= 0.3 is 0 Å². The number of amides is 1. The largest absolute Gasteiger partial charge is 0.497 e. The Hall–Kier alpha value is -1.68. The molecule has 3 rings (SSSR count). The van der Waals surface area contributed by atoms with Gasteiger partial charge in [0.15, 0.2) is 0 Å². The number of hydrogen-bond donors (Lipinski definition) is 0. The number of carbonyl (C=O) groups excluding carboxylic acids is 1. The van der Waals surface area contributed by atoms with Crippen molar-refractivity contribution < 1.29 is 17.9 Å². The number of fused-ring (bicyclic) bond motifs is 1. The molecule has 1 fully saturated rings. The van der Waals surface area contributed by atoms with Gasteiger partial charge < -0.3 is 19.4 Å². The average Bonchev–Trinajstić information content (AvgIpc) is 3.05. The normalized spacial score (nSPS) is 19.6. The third-order valence-electron chi connectivity index (χ3n) is 7.46.